The van der Waals surface area contributed by atoms with Crippen molar-refractivity contribution < 1.29 is 9.18 Å². The van der Waals surface area contributed by atoms with E-state index in [1.165, 1.54) is 25.0 Å². The molecule has 0 radical (unpaired) electrons. The van der Waals surface area contributed by atoms with Crippen LogP contribution in [-0.4, -0.2) is 47.0 Å². The van der Waals surface area contributed by atoms with Crippen molar-refractivity contribution in [2.24, 2.45) is 0 Å². The predicted molar refractivity (Wildman–Crippen MR) is 89.9 cm³/mol. The van der Waals surface area contributed by atoms with E-state index in [9.17, 15) is 9.18 Å². The van der Waals surface area contributed by atoms with Crippen molar-refractivity contribution in [2.75, 3.05) is 21.1 Å². The van der Waals surface area contributed by atoms with E-state index in [0.29, 0.717) is 18.0 Å². The Labute approximate surface area is 141 Å². The minimum Gasteiger partial charge on any atom is -0.338 e. The first kappa shape index (κ1) is 16.6. The molecule has 0 bridgehead atoms. The van der Waals surface area contributed by atoms with Crippen molar-refractivity contribution in [3.05, 3.63) is 53.1 Å². The van der Waals surface area contributed by atoms with Crippen molar-refractivity contribution >= 4 is 5.91 Å². The van der Waals surface area contributed by atoms with Gasteiger partial charge >= 0.3 is 0 Å². The van der Waals surface area contributed by atoms with E-state index in [2.05, 4.69) is 10.2 Å². The van der Waals surface area contributed by atoms with Gasteiger partial charge in [-0.2, -0.15) is 5.10 Å². The Morgan fingerprint density at radius 2 is 2.08 bits per heavy atom. The number of H-pyrrole nitrogens is 1. The maximum Gasteiger partial charge on any atom is 0.244 e. The molecule has 1 amide bonds. The van der Waals surface area contributed by atoms with Gasteiger partial charge in [0.25, 0.3) is 0 Å². The molecule has 1 atom stereocenters. The van der Waals surface area contributed by atoms with Crippen LogP contribution in [0.15, 0.2) is 30.3 Å². The summed E-state index contributed by atoms with van der Waals surface area (Å²) < 4.78 is 13.5. The molecule has 24 heavy (non-hydrogen) atoms. The molecule has 0 spiro atoms. The number of hydrogen-bond donors (Lipinski definition) is 1. The van der Waals surface area contributed by atoms with Gasteiger partial charge in [-0.3, -0.25) is 14.8 Å². The van der Waals surface area contributed by atoms with Crippen molar-refractivity contribution in [1.29, 1.82) is 0 Å². The van der Waals surface area contributed by atoms with Gasteiger partial charge in [-0.25, -0.2) is 4.39 Å². The minimum atomic E-state index is -0.517. The number of rotatable bonds is 6. The van der Waals surface area contributed by atoms with Crippen LogP contribution in [0.4, 0.5) is 4.39 Å². The van der Waals surface area contributed by atoms with Crippen LogP contribution in [0.2, 0.25) is 0 Å². The maximum absolute atomic E-state index is 13.5. The third kappa shape index (κ3) is 3.64. The van der Waals surface area contributed by atoms with E-state index < -0.39 is 6.04 Å². The quantitative estimate of drug-likeness (QED) is 0.886. The standard InChI is InChI=1S/C18H23FN4O/c1-22(2)17(13-5-4-6-14(19)9-13)18(24)23(3)11-15-10-16(21-20-15)12-7-8-12/h4-6,9-10,12,17H,7-8,11H2,1-3H3,(H,20,21)/t17-/m0/s1. The maximum atomic E-state index is 13.5. The predicted octanol–water partition coefficient (Wildman–Crippen LogP) is 2.69. The van der Waals surface area contributed by atoms with Crippen LogP contribution in [0.1, 0.15) is 41.8 Å². The number of carbonyl (C=O) groups excluding carboxylic acids is 1. The summed E-state index contributed by atoms with van der Waals surface area (Å²) in [7, 11) is 5.40. The SMILES string of the molecule is CN(Cc1cc(C2CC2)n[nH]1)C(=O)[C@H](c1cccc(F)c1)N(C)C. The van der Waals surface area contributed by atoms with E-state index in [1.807, 2.05) is 20.2 Å². The average Bonchev–Trinajstić information content (AvgIpc) is 3.27. The van der Waals surface area contributed by atoms with Crippen LogP contribution in [0, 0.1) is 5.82 Å². The lowest BCUT2D eigenvalue weighted by Gasteiger charge is -2.28. The van der Waals surface area contributed by atoms with Crippen LogP contribution in [0.25, 0.3) is 0 Å². The number of carbonyl (C=O) groups is 1. The number of nitrogens with one attached hydrogen (secondary N) is 1. The topological polar surface area (TPSA) is 52.2 Å². The van der Waals surface area contributed by atoms with Gasteiger partial charge in [0.1, 0.15) is 11.9 Å². The summed E-state index contributed by atoms with van der Waals surface area (Å²) in [5.41, 5.74) is 2.66. The second kappa shape index (κ2) is 6.73. The van der Waals surface area contributed by atoms with Crippen LogP contribution < -0.4 is 0 Å². The van der Waals surface area contributed by atoms with E-state index in [-0.39, 0.29) is 11.7 Å². The van der Waals surface area contributed by atoms with Crippen LogP contribution in [0.3, 0.4) is 0 Å². The average molecular weight is 330 g/mol. The fourth-order valence-corrected chi connectivity index (χ4v) is 2.93. The lowest BCUT2D eigenvalue weighted by atomic mass is 10.0. The summed E-state index contributed by atoms with van der Waals surface area (Å²) in [6.07, 6.45) is 2.39. The summed E-state index contributed by atoms with van der Waals surface area (Å²) >= 11 is 0. The molecule has 1 saturated carbocycles. The molecule has 1 heterocycles. The van der Waals surface area contributed by atoms with E-state index in [1.54, 1.807) is 29.0 Å². The molecule has 128 valence electrons. The molecule has 1 aromatic heterocycles. The number of likely N-dealkylation sites (N-methyl/N-ethyl adjacent to an activating group) is 2. The molecule has 0 aliphatic heterocycles. The summed E-state index contributed by atoms with van der Waals surface area (Å²) in [6, 6.07) is 7.73. The van der Waals surface area contributed by atoms with Crippen molar-refractivity contribution in [2.45, 2.75) is 31.3 Å². The van der Waals surface area contributed by atoms with Gasteiger partial charge in [-0.15, -0.1) is 0 Å². The molecule has 1 aliphatic carbocycles. The first-order valence-electron chi connectivity index (χ1n) is 8.16. The smallest absolute Gasteiger partial charge is 0.244 e. The number of hydrogen-bond acceptors (Lipinski definition) is 3. The highest BCUT2D eigenvalue weighted by molar-refractivity contribution is 5.83. The number of nitrogens with zero attached hydrogens (tertiary/aromatic N) is 3. The highest BCUT2D eigenvalue weighted by Crippen LogP contribution is 2.39. The third-order valence-corrected chi connectivity index (χ3v) is 4.34. The first-order valence-corrected chi connectivity index (χ1v) is 8.16. The number of aromatic amines is 1. The van der Waals surface area contributed by atoms with Gasteiger partial charge in [-0.05, 0) is 50.7 Å². The second-order valence-corrected chi connectivity index (χ2v) is 6.71. The number of amides is 1. The number of halogens is 1. The molecule has 1 N–H and O–H groups in total. The summed E-state index contributed by atoms with van der Waals surface area (Å²) in [5, 5.41) is 7.33. The third-order valence-electron chi connectivity index (χ3n) is 4.34. The Hall–Kier alpha value is -2.21. The molecule has 1 aliphatic rings. The van der Waals surface area contributed by atoms with Crippen molar-refractivity contribution in [3.63, 3.8) is 0 Å². The molecular weight excluding hydrogens is 307 g/mol. The highest BCUT2D eigenvalue weighted by atomic mass is 19.1. The van der Waals surface area contributed by atoms with Gasteiger partial charge < -0.3 is 4.90 Å². The van der Waals surface area contributed by atoms with Crippen LogP contribution in [-0.2, 0) is 11.3 Å². The number of aromatic nitrogens is 2. The van der Waals surface area contributed by atoms with E-state index in [4.69, 9.17) is 0 Å². The molecule has 3 rings (SSSR count). The fraction of sp³-hybridized carbons (Fsp3) is 0.444. The molecule has 2 aromatic rings. The van der Waals surface area contributed by atoms with Gasteiger partial charge in [0.15, 0.2) is 0 Å². The molecule has 5 nitrogen and oxygen atoms in total. The highest BCUT2D eigenvalue weighted by Gasteiger charge is 2.28. The van der Waals surface area contributed by atoms with Gasteiger partial charge in [0, 0.05) is 13.0 Å². The Balaban J connectivity index is 1.73. The molecule has 0 unspecified atom stereocenters. The van der Waals surface area contributed by atoms with E-state index in [0.717, 1.165) is 11.4 Å². The summed E-state index contributed by atoms with van der Waals surface area (Å²) in [4.78, 5) is 16.3. The zero-order valence-corrected chi connectivity index (χ0v) is 14.3. The Morgan fingerprint density at radius 3 is 2.71 bits per heavy atom. The van der Waals surface area contributed by atoms with Crippen molar-refractivity contribution in [3.8, 4) is 0 Å². The zero-order chi connectivity index (χ0) is 17.3. The summed E-state index contributed by atoms with van der Waals surface area (Å²) in [6.45, 7) is 0.457. The summed E-state index contributed by atoms with van der Waals surface area (Å²) in [5.74, 6) is 0.170. The van der Waals surface area contributed by atoms with Gasteiger partial charge in [0.2, 0.25) is 5.91 Å². The largest absolute Gasteiger partial charge is 0.338 e. The zero-order valence-electron chi connectivity index (χ0n) is 14.3. The molecule has 0 saturated heterocycles. The molecular formula is C18H23FN4O. The first-order chi connectivity index (χ1) is 11.5. The Kier molecular flexibility index (Phi) is 4.66. The van der Waals surface area contributed by atoms with Crippen LogP contribution >= 0.6 is 0 Å². The molecule has 1 aromatic carbocycles. The minimum absolute atomic E-state index is 0.0758. The van der Waals surface area contributed by atoms with Gasteiger partial charge in [-0.1, -0.05) is 12.1 Å². The molecule has 6 heteroatoms. The normalized spacial score (nSPS) is 15.5. The Morgan fingerprint density at radius 1 is 1.33 bits per heavy atom. The lowest BCUT2D eigenvalue weighted by molar-refractivity contribution is -0.135. The van der Waals surface area contributed by atoms with Crippen molar-refractivity contribution in [1.82, 2.24) is 20.0 Å². The second-order valence-electron chi connectivity index (χ2n) is 6.71. The fourth-order valence-electron chi connectivity index (χ4n) is 2.93. The number of benzene rings is 1. The lowest BCUT2D eigenvalue weighted by Crippen LogP contribution is -2.38. The van der Waals surface area contributed by atoms with Crippen LogP contribution in [0.5, 0.6) is 0 Å². The van der Waals surface area contributed by atoms with Gasteiger partial charge in [0.05, 0.1) is 17.9 Å². The Bertz CT molecular complexity index is 723. The monoisotopic (exact) mass is 330 g/mol. The van der Waals surface area contributed by atoms with E-state index >= 15 is 0 Å². The molecule has 1 fully saturated rings.